The fourth-order valence-corrected chi connectivity index (χ4v) is 7.74. The Morgan fingerprint density at radius 2 is 1.91 bits per heavy atom. The average molecular weight is 596 g/mol. The zero-order valence-corrected chi connectivity index (χ0v) is 24.9. The van der Waals surface area contributed by atoms with Crippen molar-refractivity contribution in [3.63, 3.8) is 0 Å². The highest BCUT2D eigenvalue weighted by atomic mass is 32.2. The van der Waals surface area contributed by atoms with Crippen LogP contribution in [0.5, 0.6) is 0 Å². The summed E-state index contributed by atoms with van der Waals surface area (Å²) in [7, 11) is -3.69. The maximum Gasteiger partial charge on any atom is 0.246 e. The lowest BCUT2D eigenvalue weighted by atomic mass is 9.95. The summed E-state index contributed by atoms with van der Waals surface area (Å²) in [5.41, 5.74) is 4.68. The predicted octanol–water partition coefficient (Wildman–Crippen LogP) is 4.00. The Morgan fingerprint density at radius 1 is 1.14 bits per heavy atom. The van der Waals surface area contributed by atoms with Crippen molar-refractivity contribution in [3.05, 3.63) is 71.4 Å². The van der Waals surface area contributed by atoms with Crippen LogP contribution < -0.4 is 14.5 Å². The number of sulfonamides is 1. The number of aryl methyl sites for hydroxylation is 1. The molecule has 3 aliphatic rings. The van der Waals surface area contributed by atoms with E-state index < -0.39 is 21.3 Å². The number of nitrogens with one attached hydrogen (secondary N) is 1. The second-order valence-corrected chi connectivity index (χ2v) is 13.3. The third-order valence-electron chi connectivity index (χ3n) is 8.66. The van der Waals surface area contributed by atoms with Crippen LogP contribution in [0.15, 0.2) is 49.1 Å². The first kappa shape index (κ1) is 28.5. The first-order valence-electron chi connectivity index (χ1n) is 14.5. The maximum absolute atomic E-state index is 13.1. The lowest BCUT2D eigenvalue weighted by Gasteiger charge is -2.43. The van der Waals surface area contributed by atoms with E-state index in [9.17, 15) is 23.7 Å². The molecule has 2 aromatic carbocycles. The van der Waals surface area contributed by atoms with Crippen LogP contribution in [0.25, 0.3) is 10.8 Å². The third-order valence-corrected chi connectivity index (χ3v) is 10.5. The van der Waals surface area contributed by atoms with Gasteiger partial charge in [-0.2, -0.15) is 10.5 Å². The van der Waals surface area contributed by atoms with Gasteiger partial charge >= 0.3 is 0 Å². The number of rotatable bonds is 7. The second-order valence-electron chi connectivity index (χ2n) is 11.4. The van der Waals surface area contributed by atoms with Gasteiger partial charge in [0.15, 0.2) is 5.82 Å². The first-order valence-corrected chi connectivity index (χ1v) is 16.1. The molecular formula is C32H33N7O3S. The van der Waals surface area contributed by atoms with Gasteiger partial charge in [0.2, 0.25) is 15.9 Å². The van der Waals surface area contributed by atoms with Crippen molar-refractivity contribution in [1.29, 1.82) is 10.5 Å². The summed E-state index contributed by atoms with van der Waals surface area (Å²) in [6, 6.07) is 16.5. The minimum absolute atomic E-state index is 0.0422. The van der Waals surface area contributed by atoms with Gasteiger partial charge in [-0.05, 0) is 49.3 Å². The number of fused-ring (bicyclic) bond motifs is 2. The molecule has 10 nitrogen and oxygen atoms in total. The van der Waals surface area contributed by atoms with E-state index in [1.54, 1.807) is 4.90 Å². The Hall–Kier alpha value is -4.61. The van der Waals surface area contributed by atoms with Crippen molar-refractivity contribution in [2.24, 2.45) is 0 Å². The number of benzene rings is 2. The molecule has 11 heteroatoms. The van der Waals surface area contributed by atoms with Gasteiger partial charge in [0.1, 0.15) is 11.6 Å². The number of nitriles is 2. The minimum atomic E-state index is -3.69. The molecule has 2 fully saturated rings. The monoisotopic (exact) mass is 595 g/mol. The molecule has 1 aromatic heterocycles. The van der Waals surface area contributed by atoms with Crippen molar-refractivity contribution in [2.45, 2.75) is 50.4 Å². The molecule has 0 bridgehead atoms. The zero-order valence-electron chi connectivity index (χ0n) is 24.1. The number of aromatic nitrogens is 1. The highest BCUT2D eigenvalue weighted by Crippen LogP contribution is 2.40. The largest absolute Gasteiger partial charge is 0.366 e. The second kappa shape index (κ2) is 11.2. The van der Waals surface area contributed by atoms with Crippen molar-refractivity contribution >= 4 is 43.9 Å². The van der Waals surface area contributed by atoms with Gasteiger partial charge in [-0.15, -0.1) is 0 Å². The molecule has 1 atom stereocenters. The first-order chi connectivity index (χ1) is 20.7. The van der Waals surface area contributed by atoms with Crippen LogP contribution in [0.4, 0.5) is 17.2 Å². The summed E-state index contributed by atoms with van der Waals surface area (Å²) in [6.07, 6.45) is 3.14. The number of carbonyl (C=O) groups excluding carboxylic acids is 1. The number of hydrogen-bond donors (Lipinski definition) is 1. The molecule has 3 aromatic rings. The third kappa shape index (κ3) is 5.26. The molecule has 3 heterocycles. The van der Waals surface area contributed by atoms with Gasteiger partial charge in [-0.1, -0.05) is 36.9 Å². The van der Waals surface area contributed by atoms with E-state index in [1.165, 1.54) is 17.0 Å². The minimum Gasteiger partial charge on any atom is -0.366 e. The van der Waals surface area contributed by atoms with E-state index in [4.69, 9.17) is 4.98 Å². The molecule has 2 aliphatic heterocycles. The summed E-state index contributed by atoms with van der Waals surface area (Å²) >= 11 is 0. The van der Waals surface area contributed by atoms with Crippen molar-refractivity contribution in [1.82, 2.24) is 9.88 Å². The topological polar surface area (TPSA) is 133 Å². The molecule has 0 unspecified atom stereocenters. The van der Waals surface area contributed by atoms with Crippen LogP contribution in [0.3, 0.4) is 0 Å². The highest BCUT2D eigenvalue weighted by Gasteiger charge is 2.39. The fourth-order valence-electron chi connectivity index (χ4n) is 6.40. The molecular weight excluding hydrogens is 562 g/mol. The predicted molar refractivity (Wildman–Crippen MR) is 166 cm³/mol. The molecule has 1 saturated heterocycles. The van der Waals surface area contributed by atoms with Crippen LogP contribution in [-0.4, -0.2) is 61.7 Å². The van der Waals surface area contributed by atoms with Gasteiger partial charge in [-0.3, -0.25) is 9.52 Å². The van der Waals surface area contributed by atoms with Crippen LogP contribution in [0.2, 0.25) is 0 Å². The summed E-state index contributed by atoms with van der Waals surface area (Å²) in [6.45, 7) is 7.93. The molecule has 43 heavy (non-hydrogen) atoms. The normalized spacial score (nSPS) is 18.5. The number of carbonyl (C=O) groups is 1. The number of nitrogens with zero attached hydrogens (tertiary/aromatic N) is 6. The number of anilines is 3. The molecule has 1 saturated carbocycles. The Morgan fingerprint density at radius 3 is 2.60 bits per heavy atom. The van der Waals surface area contributed by atoms with Gasteiger partial charge in [0.25, 0.3) is 0 Å². The summed E-state index contributed by atoms with van der Waals surface area (Å²) in [4.78, 5) is 23.3. The van der Waals surface area contributed by atoms with Gasteiger partial charge in [0, 0.05) is 42.8 Å². The highest BCUT2D eigenvalue weighted by molar-refractivity contribution is 7.93. The number of hydrogen-bond acceptors (Lipinski definition) is 8. The van der Waals surface area contributed by atoms with Crippen molar-refractivity contribution in [3.8, 4) is 12.1 Å². The Kier molecular flexibility index (Phi) is 7.45. The van der Waals surface area contributed by atoms with E-state index in [0.29, 0.717) is 63.4 Å². The van der Waals surface area contributed by atoms with E-state index in [1.807, 2.05) is 17.0 Å². The van der Waals surface area contributed by atoms with Crippen LogP contribution in [-0.2, 0) is 27.8 Å². The molecule has 0 spiro atoms. The average Bonchev–Trinajstić information content (AvgIpc) is 3.86. The standard InChI is InChI=1S/C32H33N7O3S/c1-3-29(40)39-17-16-38(19-23(39)12-14-33)31-25-13-15-37(28-9-5-8-22-7-4-6-21(2)30(22)28)20-27(25)35-32(26(31)18-34)36-43(41,42)24-10-11-24/h3-9,23-24H,1,10-13,15-17,19-20H2,2H3,(H,35,36)/t23-/m0/s1. The van der Waals surface area contributed by atoms with E-state index in [2.05, 4.69) is 59.5 Å². The summed E-state index contributed by atoms with van der Waals surface area (Å²) in [5, 5.41) is 21.8. The van der Waals surface area contributed by atoms with Gasteiger partial charge in [0.05, 0.1) is 41.7 Å². The SMILES string of the molecule is C=CC(=O)N1CCN(c2c(C#N)c(NS(=O)(=O)C3CC3)nc3c2CCN(c2cccc4cccc(C)c24)C3)C[C@@H]1CC#N. The Balaban J connectivity index is 1.45. The quantitative estimate of drug-likeness (QED) is 0.405. The summed E-state index contributed by atoms with van der Waals surface area (Å²) < 4.78 is 28.8. The van der Waals surface area contributed by atoms with Gasteiger partial charge < -0.3 is 14.7 Å². The smallest absolute Gasteiger partial charge is 0.246 e. The molecule has 1 N–H and O–H groups in total. The molecule has 220 valence electrons. The Labute approximate surface area is 251 Å². The van der Waals surface area contributed by atoms with E-state index >= 15 is 0 Å². The number of pyridine rings is 1. The molecule has 6 rings (SSSR count). The van der Waals surface area contributed by atoms with E-state index in [-0.39, 0.29) is 23.7 Å². The van der Waals surface area contributed by atoms with E-state index in [0.717, 1.165) is 16.6 Å². The van der Waals surface area contributed by atoms with Crippen LogP contribution in [0.1, 0.15) is 41.6 Å². The zero-order chi connectivity index (χ0) is 30.3. The fraction of sp³-hybridized carbons (Fsp3) is 0.375. The Bertz CT molecular complexity index is 1820. The van der Waals surface area contributed by atoms with Gasteiger partial charge in [-0.25, -0.2) is 13.4 Å². The number of amides is 1. The lowest BCUT2D eigenvalue weighted by Crippen LogP contribution is -2.55. The van der Waals surface area contributed by atoms with Crippen molar-refractivity contribution < 1.29 is 13.2 Å². The van der Waals surface area contributed by atoms with Crippen LogP contribution >= 0.6 is 0 Å². The number of piperazine rings is 1. The summed E-state index contributed by atoms with van der Waals surface area (Å²) in [5.74, 6) is -0.198. The molecule has 1 amide bonds. The molecule has 0 radical (unpaired) electrons. The maximum atomic E-state index is 13.1. The lowest BCUT2D eigenvalue weighted by molar-refractivity contribution is -0.128. The van der Waals surface area contributed by atoms with Crippen LogP contribution in [0, 0.1) is 29.6 Å². The molecule has 1 aliphatic carbocycles. The van der Waals surface area contributed by atoms with Crippen molar-refractivity contribution in [2.75, 3.05) is 40.7 Å².